The van der Waals surface area contributed by atoms with Crippen LogP contribution in [-0.2, 0) is 9.59 Å². The smallest absolute Gasteiger partial charge is 0.258 e. The summed E-state index contributed by atoms with van der Waals surface area (Å²) in [6, 6.07) is 46.0. The number of ether oxygens (including phenoxy) is 2. The molecule has 0 radical (unpaired) electrons. The molecule has 0 spiro atoms. The number of hydrogen-bond acceptors (Lipinski definition) is 8. The van der Waals surface area contributed by atoms with Crippen LogP contribution in [0.4, 0.5) is 0 Å². The summed E-state index contributed by atoms with van der Waals surface area (Å²) in [6.07, 6.45) is 3.21. The van der Waals surface area contributed by atoms with Gasteiger partial charge in [0.15, 0.2) is 13.2 Å². The lowest BCUT2D eigenvalue weighted by atomic mass is 9.96. The van der Waals surface area contributed by atoms with Crippen molar-refractivity contribution in [2.24, 2.45) is 0 Å². The summed E-state index contributed by atoms with van der Waals surface area (Å²) in [5.41, 5.74) is 3.44. The fourth-order valence-corrected chi connectivity index (χ4v) is 6.92. The largest absolute Gasteiger partial charge is 0.505 e. The molecule has 0 saturated carbocycles. The Kier molecular flexibility index (Phi) is 13.4. The van der Waals surface area contributed by atoms with Gasteiger partial charge in [0, 0.05) is 39.3 Å². The van der Waals surface area contributed by atoms with Crippen LogP contribution in [0.25, 0.3) is 21.8 Å². The first kappa shape index (κ1) is 41.0. The summed E-state index contributed by atoms with van der Waals surface area (Å²) in [4.78, 5) is 33.9. The van der Waals surface area contributed by atoms with Gasteiger partial charge in [-0.25, -0.2) is 0 Å². The first-order chi connectivity index (χ1) is 29.2. The second-order valence-corrected chi connectivity index (χ2v) is 14.3. The molecule has 8 aromatic rings. The minimum absolute atomic E-state index is 0.0202. The van der Waals surface area contributed by atoms with Crippen LogP contribution in [0.5, 0.6) is 23.0 Å². The van der Waals surface area contributed by atoms with Crippen molar-refractivity contribution in [3.8, 4) is 23.0 Å². The van der Waals surface area contributed by atoms with E-state index in [0.29, 0.717) is 49.1 Å². The summed E-state index contributed by atoms with van der Waals surface area (Å²) < 4.78 is 11.1. The molecule has 0 aliphatic rings. The third kappa shape index (κ3) is 10.1. The Morgan fingerprint density at radius 1 is 0.550 bits per heavy atom. The number of rotatable bonds is 12. The van der Waals surface area contributed by atoms with Crippen LogP contribution in [0.1, 0.15) is 34.3 Å². The van der Waals surface area contributed by atoms with E-state index in [0.717, 1.165) is 16.5 Å². The monoisotopic (exact) mass is 836 g/mol. The van der Waals surface area contributed by atoms with Gasteiger partial charge in [0.05, 0.1) is 17.1 Å². The molecule has 0 fully saturated rings. The van der Waals surface area contributed by atoms with E-state index in [1.165, 1.54) is 0 Å². The van der Waals surface area contributed by atoms with E-state index >= 15 is 0 Å². The molecule has 0 saturated heterocycles. The van der Waals surface area contributed by atoms with Crippen LogP contribution in [0, 0.1) is 0 Å². The van der Waals surface area contributed by atoms with Crippen molar-refractivity contribution >= 4 is 56.8 Å². The molecule has 2 amide bonds. The Balaban J connectivity index is 0.000000181. The number of aromatic nitrogens is 2. The number of carbonyl (C=O) groups is 2. The highest BCUT2D eigenvalue weighted by atomic mass is 35.5. The number of pyridine rings is 2. The number of amides is 2. The van der Waals surface area contributed by atoms with Gasteiger partial charge in [-0.2, -0.15) is 0 Å². The van der Waals surface area contributed by atoms with Gasteiger partial charge in [0.25, 0.3) is 11.8 Å². The number of hydrogen-bond donors (Lipinski definition) is 4. The Bertz CT molecular complexity index is 2710. The van der Waals surface area contributed by atoms with Crippen LogP contribution in [-0.4, -0.2) is 45.2 Å². The minimum atomic E-state index is -0.623. The molecule has 60 heavy (non-hydrogen) atoms. The second kappa shape index (κ2) is 19.5. The van der Waals surface area contributed by atoms with Gasteiger partial charge in [0.1, 0.15) is 34.0 Å². The van der Waals surface area contributed by atoms with E-state index in [4.69, 9.17) is 32.7 Å². The van der Waals surface area contributed by atoms with Crippen molar-refractivity contribution in [2.45, 2.75) is 12.1 Å². The maximum Gasteiger partial charge on any atom is 0.258 e. The number of halogens is 2. The SMILES string of the molecule is O=C(COc1ccccc1)NC(c1ccc(Cl)cc1)c1ccc2cccnc2c1O.O=C(COc1ccccc1)NC(c1ccccc1)c1cc(Cl)c2cccnc2c1O. The molecule has 12 heteroatoms. The van der Waals surface area contributed by atoms with Crippen molar-refractivity contribution in [3.05, 3.63) is 202 Å². The topological polar surface area (TPSA) is 143 Å². The van der Waals surface area contributed by atoms with Crippen LogP contribution < -0.4 is 20.1 Å². The average Bonchev–Trinajstić information content (AvgIpc) is 3.29. The van der Waals surface area contributed by atoms with E-state index in [2.05, 4.69) is 20.6 Å². The molecule has 2 heterocycles. The highest BCUT2D eigenvalue weighted by Gasteiger charge is 2.24. The van der Waals surface area contributed by atoms with Gasteiger partial charge >= 0.3 is 0 Å². The van der Waals surface area contributed by atoms with Gasteiger partial charge in [-0.05, 0) is 71.8 Å². The number of para-hydroxylation sites is 2. The molecule has 0 bridgehead atoms. The summed E-state index contributed by atoms with van der Waals surface area (Å²) >= 11 is 12.5. The third-order valence-corrected chi connectivity index (χ3v) is 9.98. The predicted octanol–water partition coefficient (Wildman–Crippen LogP) is 9.76. The van der Waals surface area contributed by atoms with Crippen LogP contribution in [0.15, 0.2) is 170 Å². The lowest BCUT2D eigenvalue weighted by Gasteiger charge is -2.22. The molecule has 0 aliphatic heterocycles. The van der Waals surface area contributed by atoms with Gasteiger partial charge in [-0.3, -0.25) is 19.6 Å². The van der Waals surface area contributed by atoms with Crippen molar-refractivity contribution in [1.82, 2.24) is 20.6 Å². The van der Waals surface area contributed by atoms with E-state index < -0.39 is 12.1 Å². The van der Waals surface area contributed by atoms with E-state index in [1.54, 1.807) is 79.1 Å². The normalized spacial score (nSPS) is 11.8. The molecule has 2 unspecified atom stereocenters. The number of fused-ring (bicyclic) bond motifs is 2. The third-order valence-electron chi connectivity index (χ3n) is 9.42. The first-order valence-electron chi connectivity index (χ1n) is 18.8. The number of nitrogens with zero attached hydrogens (tertiary/aromatic N) is 2. The van der Waals surface area contributed by atoms with Crippen LogP contribution in [0.2, 0.25) is 10.0 Å². The van der Waals surface area contributed by atoms with Crippen molar-refractivity contribution < 1.29 is 29.3 Å². The van der Waals surface area contributed by atoms with E-state index in [1.807, 2.05) is 91.0 Å². The fraction of sp³-hybridized carbons (Fsp3) is 0.0833. The minimum Gasteiger partial charge on any atom is -0.505 e. The molecule has 0 aliphatic carbocycles. The maximum absolute atomic E-state index is 12.7. The first-order valence-corrected chi connectivity index (χ1v) is 19.6. The zero-order valence-corrected chi connectivity index (χ0v) is 33.4. The molecule has 8 rings (SSSR count). The molecular formula is C48H38Cl2N4O6. The highest BCUT2D eigenvalue weighted by molar-refractivity contribution is 6.35. The lowest BCUT2D eigenvalue weighted by Crippen LogP contribution is -2.33. The van der Waals surface area contributed by atoms with Gasteiger partial charge in [0.2, 0.25) is 0 Å². The number of phenols is 2. The van der Waals surface area contributed by atoms with Crippen molar-refractivity contribution in [2.75, 3.05) is 13.2 Å². The van der Waals surface area contributed by atoms with Gasteiger partial charge in [-0.1, -0.05) is 120 Å². The van der Waals surface area contributed by atoms with E-state index in [9.17, 15) is 19.8 Å². The predicted molar refractivity (Wildman–Crippen MR) is 234 cm³/mol. The Morgan fingerprint density at radius 3 is 1.65 bits per heavy atom. The number of aromatic hydroxyl groups is 2. The van der Waals surface area contributed by atoms with Crippen molar-refractivity contribution in [1.29, 1.82) is 0 Å². The standard InChI is InChI=1S/2C24H19ClN2O3/c25-20-14-19(24(29)23-18(20)12-7-13-26-23)22(16-8-3-1-4-9-16)27-21(28)15-30-17-10-5-2-6-11-17;25-18-11-8-17(9-12-18)22(27-21(28)15-30-19-6-2-1-3-7-19)20-13-10-16-5-4-14-26-23(16)24(20)29/h2*1-14,22,29H,15H2,(H,27,28). The molecular weight excluding hydrogens is 799 g/mol. The van der Waals surface area contributed by atoms with Gasteiger partial charge < -0.3 is 30.3 Å². The van der Waals surface area contributed by atoms with Crippen molar-refractivity contribution in [3.63, 3.8) is 0 Å². The molecule has 2 aromatic heterocycles. The quantitative estimate of drug-likeness (QED) is 0.0953. The summed E-state index contributed by atoms with van der Waals surface area (Å²) in [7, 11) is 0. The summed E-state index contributed by atoms with van der Waals surface area (Å²) in [5, 5.41) is 30.2. The fourth-order valence-electron chi connectivity index (χ4n) is 6.52. The molecule has 4 N–H and O–H groups in total. The Morgan fingerprint density at radius 2 is 1.05 bits per heavy atom. The Hall–Kier alpha value is -7.14. The number of phenolic OH excluding ortho intramolecular Hbond substituents is 2. The number of carbonyl (C=O) groups excluding carboxylic acids is 2. The summed E-state index contributed by atoms with van der Waals surface area (Å²) in [6.45, 7) is -0.311. The van der Waals surface area contributed by atoms with E-state index in [-0.39, 0.29) is 36.5 Å². The van der Waals surface area contributed by atoms with Gasteiger partial charge in [-0.15, -0.1) is 0 Å². The average molecular weight is 838 g/mol. The Labute approximate surface area is 356 Å². The second-order valence-electron chi connectivity index (χ2n) is 13.4. The molecule has 6 aromatic carbocycles. The number of nitrogens with one attached hydrogen (secondary N) is 2. The number of benzene rings is 6. The molecule has 10 nitrogen and oxygen atoms in total. The lowest BCUT2D eigenvalue weighted by molar-refractivity contribution is -0.124. The van der Waals surface area contributed by atoms with Crippen LogP contribution >= 0.6 is 23.2 Å². The maximum atomic E-state index is 12.7. The molecule has 2 atom stereocenters. The summed E-state index contributed by atoms with van der Waals surface area (Å²) in [5.74, 6) is 0.562. The van der Waals surface area contributed by atoms with Crippen LogP contribution in [0.3, 0.4) is 0 Å². The zero-order chi connectivity index (χ0) is 41.8. The zero-order valence-electron chi connectivity index (χ0n) is 31.9. The highest BCUT2D eigenvalue weighted by Crippen LogP contribution is 2.39. The molecule has 300 valence electrons.